The van der Waals surface area contributed by atoms with Crippen LogP contribution in [0.3, 0.4) is 0 Å². The van der Waals surface area contributed by atoms with Crippen molar-refractivity contribution in [2.24, 2.45) is 5.41 Å². The van der Waals surface area contributed by atoms with E-state index in [1.165, 1.54) is 5.56 Å². The van der Waals surface area contributed by atoms with Gasteiger partial charge >= 0.3 is 0 Å². The molecule has 1 aliphatic heterocycles. The topological polar surface area (TPSA) is 15.3 Å². The molecule has 0 spiro atoms. The molecule has 4 heteroatoms. The van der Waals surface area contributed by atoms with Crippen LogP contribution >= 0.6 is 23.2 Å². The summed E-state index contributed by atoms with van der Waals surface area (Å²) in [4.78, 5) is 2.52. The van der Waals surface area contributed by atoms with Gasteiger partial charge in [-0.1, -0.05) is 50.0 Å². The third-order valence-corrected chi connectivity index (χ3v) is 4.85. The van der Waals surface area contributed by atoms with Crippen LogP contribution in [0.1, 0.15) is 33.3 Å². The highest BCUT2D eigenvalue weighted by atomic mass is 35.5. The van der Waals surface area contributed by atoms with Crippen LogP contribution in [0.4, 0.5) is 0 Å². The third-order valence-electron chi connectivity index (χ3n) is 4.12. The number of nitrogens with one attached hydrogen (secondary N) is 1. The molecule has 20 heavy (non-hydrogen) atoms. The summed E-state index contributed by atoms with van der Waals surface area (Å²) in [5.74, 6) is 0. The lowest BCUT2D eigenvalue weighted by molar-refractivity contribution is 0.0877. The smallest absolute Gasteiger partial charge is 0.0595 e. The largest absolute Gasteiger partial charge is 0.311 e. The first kappa shape index (κ1) is 16.1. The van der Waals surface area contributed by atoms with Gasteiger partial charge in [0.05, 0.1) is 10.0 Å². The standard InChI is InChI=1S/C16H24Cl2N2/c1-11-8-19-15(16(2,3)4)10-20(11)9-12-5-6-13(17)14(18)7-12/h5-7,11,15,19H,8-10H2,1-4H3. The zero-order valence-corrected chi connectivity index (χ0v) is 14.2. The third kappa shape index (κ3) is 3.88. The molecule has 1 aliphatic rings. The highest BCUT2D eigenvalue weighted by molar-refractivity contribution is 6.42. The van der Waals surface area contributed by atoms with Crippen molar-refractivity contribution >= 4 is 23.2 Å². The molecule has 0 aromatic heterocycles. The number of piperazine rings is 1. The summed E-state index contributed by atoms with van der Waals surface area (Å²) in [6.45, 7) is 12.2. The van der Waals surface area contributed by atoms with Crippen molar-refractivity contribution in [1.29, 1.82) is 0 Å². The van der Waals surface area contributed by atoms with E-state index >= 15 is 0 Å². The average Bonchev–Trinajstić information content (AvgIpc) is 2.35. The molecule has 2 nitrogen and oxygen atoms in total. The maximum absolute atomic E-state index is 6.11. The average molecular weight is 315 g/mol. The lowest BCUT2D eigenvalue weighted by Gasteiger charge is -2.44. The van der Waals surface area contributed by atoms with Gasteiger partial charge in [-0.25, -0.2) is 0 Å². The second kappa shape index (κ2) is 6.23. The van der Waals surface area contributed by atoms with Crippen LogP contribution in [-0.2, 0) is 6.54 Å². The Morgan fingerprint density at radius 1 is 1.25 bits per heavy atom. The van der Waals surface area contributed by atoms with Crippen molar-refractivity contribution in [3.05, 3.63) is 33.8 Å². The summed E-state index contributed by atoms with van der Waals surface area (Å²) in [6, 6.07) is 6.97. The monoisotopic (exact) mass is 314 g/mol. The Kier molecular flexibility index (Phi) is 5.01. The van der Waals surface area contributed by atoms with Crippen molar-refractivity contribution in [1.82, 2.24) is 10.2 Å². The molecule has 1 aromatic rings. The normalized spacial score (nSPS) is 24.9. The second-order valence-electron chi connectivity index (χ2n) is 6.85. The van der Waals surface area contributed by atoms with E-state index in [4.69, 9.17) is 23.2 Å². The van der Waals surface area contributed by atoms with E-state index in [1.54, 1.807) is 0 Å². The van der Waals surface area contributed by atoms with Gasteiger partial charge in [0.1, 0.15) is 0 Å². The summed E-state index contributed by atoms with van der Waals surface area (Å²) < 4.78 is 0. The van der Waals surface area contributed by atoms with Crippen molar-refractivity contribution in [2.75, 3.05) is 13.1 Å². The number of halogens is 2. The fourth-order valence-corrected chi connectivity index (χ4v) is 2.91. The van der Waals surface area contributed by atoms with Gasteiger partial charge in [-0.05, 0) is 30.0 Å². The molecule has 1 heterocycles. The first-order valence-electron chi connectivity index (χ1n) is 7.18. The lowest BCUT2D eigenvalue weighted by atomic mass is 9.84. The van der Waals surface area contributed by atoms with Gasteiger partial charge in [0.15, 0.2) is 0 Å². The Morgan fingerprint density at radius 3 is 2.55 bits per heavy atom. The van der Waals surface area contributed by atoms with Gasteiger partial charge in [0.2, 0.25) is 0 Å². The molecule has 2 atom stereocenters. The molecule has 1 N–H and O–H groups in total. The molecule has 0 bridgehead atoms. The highest BCUT2D eigenvalue weighted by Gasteiger charge is 2.32. The number of hydrogen-bond donors (Lipinski definition) is 1. The first-order valence-corrected chi connectivity index (χ1v) is 7.94. The molecule has 2 rings (SSSR count). The van der Waals surface area contributed by atoms with Crippen LogP contribution in [-0.4, -0.2) is 30.1 Å². The molecule has 1 saturated heterocycles. The molecule has 2 unspecified atom stereocenters. The number of rotatable bonds is 2. The van der Waals surface area contributed by atoms with Crippen molar-refractivity contribution < 1.29 is 0 Å². The zero-order valence-electron chi connectivity index (χ0n) is 12.7. The molecule has 0 aliphatic carbocycles. The van der Waals surface area contributed by atoms with E-state index in [1.807, 2.05) is 12.1 Å². The minimum Gasteiger partial charge on any atom is -0.311 e. The predicted octanol–water partition coefficient (Wildman–Crippen LogP) is 4.20. The van der Waals surface area contributed by atoms with Crippen LogP contribution in [0.25, 0.3) is 0 Å². The van der Waals surface area contributed by atoms with Crippen molar-refractivity contribution in [3.8, 4) is 0 Å². The summed E-state index contributed by atoms with van der Waals surface area (Å²) in [5, 5.41) is 4.92. The lowest BCUT2D eigenvalue weighted by Crippen LogP contribution is -2.59. The number of benzene rings is 1. The molecule has 112 valence electrons. The second-order valence-corrected chi connectivity index (χ2v) is 7.67. The quantitative estimate of drug-likeness (QED) is 0.880. The van der Waals surface area contributed by atoms with Crippen LogP contribution in [0.15, 0.2) is 18.2 Å². The minimum absolute atomic E-state index is 0.274. The van der Waals surface area contributed by atoms with Gasteiger partial charge in [0.25, 0.3) is 0 Å². The van der Waals surface area contributed by atoms with E-state index in [0.717, 1.165) is 19.6 Å². The summed E-state index contributed by atoms with van der Waals surface area (Å²) in [7, 11) is 0. The van der Waals surface area contributed by atoms with Crippen LogP contribution < -0.4 is 5.32 Å². The van der Waals surface area contributed by atoms with Gasteiger partial charge in [-0.2, -0.15) is 0 Å². The fraction of sp³-hybridized carbons (Fsp3) is 0.625. The van der Waals surface area contributed by atoms with E-state index < -0.39 is 0 Å². The van der Waals surface area contributed by atoms with Gasteiger partial charge < -0.3 is 5.32 Å². The maximum Gasteiger partial charge on any atom is 0.0595 e. The number of nitrogens with zero attached hydrogens (tertiary/aromatic N) is 1. The Bertz CT molecular complexity index is 468. The predicted molar refractivity (Wildman–Crippen MR) is 87.6 cm³/mol. The Labute approximate surface area is 132 Å². The van der Waals surface area contributed by atoms with E-state index in [-0.39, 0.29) is 5.41 Å². The Hall–Kier alpha value is -0.280. The zero-order chi connectivity index (χ0) is 14.9. The highest BCUT2D eigenvalue weighted by Crippen LogP contribution is 2.26. The van der Waals surface area contributed by atoms with E-state index in [2.05, 4.69) is 44.0 Å². The molecule has 0 amide bonds. The molecule has 0 saturated carbocycles. The van der Waals surface area contributed by atoms with Gasteiger partial charge in [-0.15, -0.1) is 0 Å². The van der Waals surface area contributed by atoms with Gasteiger partial charge in [0, 0.05) is 31.7 Å². The van der Waals surface area contributed by atoms with Crippen LogP contribution in [0.2, 0.25) is 10.0 Å². The summed E-state index contributed by atoms with van der Waals surface area (Å²) in [6.07, 6.45) is 0. The molecule has 1 aromatic carbocycles. The van der Waals surface area contributed by atoms with Gasteiger partial charge in [-0.3, -0.25) is 4.90 Å². The van der Waals surface area contributed by atoms with Crippen LogP contribution in [0, 0.1) is 5.41 Å². The van der Waals surface area contributed by atoms with E-state index in [9.17, 15) is 0 Å². The van der Waals surface area contributed by atoms with E-state index in [0.29, 0.717) is 22.1 Å². The first-order chi connectivity index (χ1) is 9.27. The minimum atomic E-state index is 0.274. The number of hydrogen-bond acceptors (Lipinski definition) is 2. The maximum atomic E-state index is 6.11. The Morgan fingerprint density at radius 2 is 1.95 bits per heavy atom. The van der Waals surface area contributed by atoms with Crippen LogP contribution in [0.5, 0.6) is 0 Å². The SMILES string of the molecule is CC1CNC(C(C)(C)C)CN1Cc1ccc(Cl)c(Cl)c1. The summed E-state index contributed by atoms with van der Waals surface area (Å²) >= 11 is 12.1. The summed E-state index contributed by atoms with van der Waals surface area (Å²) in [5.41, 5.74) is 1.50. The van der Waals surface area contributed by atoms with Crippen molar-refractivity contribution in [2.45, 2.75) is 46.3 Å². The molecular formula is C16H24Cl2N2. The Balaban J connectivity index is 2.08. The molecule has 0 radical (unpaired) electrons. The fourth-order valence-electron chi connectivity index (χ4n) is 2.59. The molecule has 1 fully saturated rings. The van der Waals surface area contributed by atoms with Crippen molar-refractivity contribution in [3.63, 3.8) is 0 Å². The molecular weight excluding hydrogens is 291 g/mol.